The summed E-state index contributed by atoms with van der Waals surface area (Å²) in [6.07, 6.45) is 10.2. The Balaban J connectivity index is 0.000000469. The lowest BCUT2D eigenvalue weighted by molar-refractivity contribution is 0.145. The van der Waals surface area contributed by atoms with Gasteiger partial charge in [-0.1, -0.05) is 56.7 Å². The van der Waals surface area contributed by atoms with Gasteiger partial charge in [-0.2, -0.15) is 8.42 Å². The molecule has 1 aliphatic heterocycles. The summed E-state index contributed by atoms with van der Waals surface area (Å²) in [7, 11) is -2.89. The van der Waals surface area contributed by atoms with Gasteiger partial charge in [-0.15, -0.1) is 0 Å². The van der Waals surface area contributed by atoms with Gasteiger partial charge < -0.3 is 9.64 Å². The molecule has 1 aliphatic carbocycles. The zero-order valence-electron chi connectivity index (χ0n) is 20.0. The Morgan fingerprint density at radius 3 is 2.12 bits per heavy atom. The van der Waals surface area contributed by atoms with Gasteiger partial charge in [0.1, 0.15) is 11.9 Å². The zero-order chi connectivity index (χ0) is 24.2. The summed E-state index contributed by atoms with van der Waals surface area (Å²) in [6.45, 7) is 3.98. The topological polar surface area (TPSA) is 92.2 Å². The standard InChI is InChI=1S/C19H25N3O5S.C6H12/c1-26-19-8-3-2-7-17(19)22-14-12-21(13-15-22)11-9-18(27-28(23,24)25)16-6-4-5-10-20-16;1-2-4-6-5-3-1/h2-8,10,18H,9,11-15H2,1H3,(H,23,24,25);1-6H2. The van der Waals surface area contributed by atoms with Crippen LogP contribution in [-0.4, -0.2) is 62.7 Å². The molecular formula is C25H37N3O5S. The minimum atomic E-state index is -4.56. The molecule has 2 aromatic rings. The van der Waals surface area contributed by atoms with Crippen molar-refractivity contribution in [1.82, 2.24) is 9.88 Å². The van der Waals surface area contributed by atoms with E-state index in [1.807, 2.05) is 24.3 Å². The molecule has 1 saturated heterocycles. The Hall–Kier alpha value is -2.20. The number of benzene rings is 1. The number of piperazine rings is 1. The van der Waals surface area contributed by atoms with E-state index in [0.717, 1.165) is 37.6 Å². The summed E-state index contributed by atoms with van der Waals surface area (Å²) in [5, 5.41) is 0. The van der Waals surface area contributed by atoms with Crippen LogP contribution < -0.4 is 9.64 Å². The highest BCUT2D eigenvalue weighted by Crippen LogP contribution is 2.29. The molecule has 1 saturated carbocycles. The highest BCUT2D eigenvalue weighted by atomic mass is 32.3. The number of nitrogens with zero attached hydrogens (tertiary/aromatic N) is 3. The summed E-state index contributed by atoms with van der Waals surface area (Å²) in [4.78, 5) is 8.68. The van der Waals surface area contributed by atoms with E-state index >= 15 is 0 Å². The molecule has 8 nitrogen and oxygen atoms in total. The van der Waals surface area contributed by atoms with Crippen LogP contribution in [0.4, 0.5) is 5.69 Å². The molecule has 0 amide bonds. The molecule has 188 valence electrons. The van der Waals surface area contributed by atoms with E-state index in [1.54, 1.807) is 31.5 Å². The predicted molar refractivity (Wildman–Crippen MR) is 134 cm³/mol. The second-order valence-electron chi connectivity index (χ2n) is 8.68. The van der Waals surface area contributed by atoms with Crippen LogP contribution in [0.1, 0.15) is 56.7 Å². The van der Waals surface area contributed by atoms with Crippen LogP contribution in [0, 0.1) is 0 Å². The number of ether oxygens (including phenoxy) is 1. The first-order valence-corrected chi connectivity index (χ1v) is 13.5. The number of aromatic nitrogens is 1. The summed E-state index contributed by atoms with van der Waals surface area (Å²) in [6, 6.07) is 13.1. The second kappa shape index (κ2) is 13.6. The Bertz CT molecular complexity index is 935. The van der Waals surface area contributed by atoms with Crippen LogP contribution in [0.25, 0.3) is 0 Å². The maximum absolute atomic E-state index is 11.2. The zero-order valence-corrected chi connectivity index (χ0v) is 20.8. The molecule has 2 aliphatic rings. The fourth-order valence-electron chi connectivity index (χ4n) is 4.42. The van der Waals surface area contributed by atoms with Crippen molar-refractivity contribution in [2.24, 2.45) is 0 Å². The molecule has 34 heavy (non-hydrogen) atoms. The first-order valence-electron chi connectivity index (χ1n) is 12.1. The average molecular weight is 492 g/mol. The van der Waals surface area contributed by atoms with Gasteiger partial charge in [-0.05, 0) is 30.7 Å². The lowest BCUT2D eigenvalue weighted by atomic mass is 10.0. The van der Waals surface area contributed by atoms with Crippen molar-refractivity contribution >= 4 is 16.1 Å². The summed E-state index contributed by atoms with van der Waals surface area (Å²) in [5.41, 5.74) is 1.55. The van der Waals surface area contributed by atoms with Gasteiger partial charge in [-0.3, -0.25) is 14.4 Å². The molecule has 1 atom stereocenters. The lowest BCUT2D eigenvalue weighted by Crippen LogP contribution is -2.47. The Kier molecular flexibility index (Phi) is 10.6. The molecule has 1 unspecified atom stereocenters. The first-order chi connectivity index (χ1) is 16.5. The number of hydrogen-bond donors (Lipinski definition) is 1. The van der Waals surface area contributed by atoms with Crippen LogP contribution in [0.2, 0.25) is 0 Å². The Morgan fingerprint density at radius 1 is 0.941 bits per heavy atom. The number of hydrogen-bond acceptors (Lipinski definition) is 7. The molecule has 2 fully saturated rings. The molecule has 0 radical (unpaired) electrons. The maximum Gasteiger partial charge on any atom is 0.398 e. The fraction of sp³-hybridized carbons (Fsp3) is 0.560. The number of pyridine rings is 1. The normalized spacial score (nSPS) is 18.0. The van der Waals surface area contributed by atoms with Crippen molar-refractivity contribution < 1.29 is 21.9 Å². The molecule has 0 spiro atoms. The minimum absolute atomic E-state index is 0.408. The van der Waals surface area contributed by atoms with Crippen molar-refractivity contribution in [3.8, 4) is 5.75 Å². The first kappa shape index (κ1) is 26.4. The van der Waals surface area contributed by atoms with E-state index in [1.165, 1.54) is 38.5 Å². The Morgan fingerprint density at radius 2 is 1.56 bits per heavy atom. The largest absolute Gasteiger partial charge is 0.495 e. The van der Waals surface area contributed by atoms with Crippen LogP contribution >= 0.6 is 0 Å². The fourth-order valence-corrected chi connectivity index (χ4v) is 4.91. The lowest BCUT2D eigenvalue weighted by Gasteiger charge is -2.37. The van der Waals surface area contributed by atoms with Crippen LogP contribution in [0.5, 0.6) is 5.75 Å². The van der Waals surface area contributed by atoms with E-state index in [2.05, 4.69) is 14.8 Å². The number of rotatable bonds is 8. The second-order valence-corrected chi connectivity index (χ2v) is 9.73. The third-order valence-electron chi connectivity index (χ3n) is 6.26. The number of anilines is 1. The summed E-state index contributed by atoms with van der Waals surface area (Å²) >= 11 is 0. The van der Waals surface area contributed by atoms with Crippen molar-refractivity contribution in [1.29, 1.82) is 0 Å². The van der Waals surface area contributed by atoms with Gasteiger partial charge in [0, 0.05) is 38.9 Å². The molecular weight excluding hydrogens is 454 g/mol. The average Bonchev–Trinajstić information content (AvgIpc) is 2.88. The van der Waals surface area contributed by atoms with E-state index < -0.39 is 16.5 Å². The molecule has 1 aromatic carbocycles. The third-order valence-corrected chi connectivity index (χ3v) is 6.74. The maximum atomic E-state index is 11.2. The molecule has 0 bridgehead atoms. The summed E-state index contributed by atoms with van der Waals surface area (Å²) in [5.74, 6) is 0.854. The van der Waals surface area contributed by atoms with Gasteiger partial charge in [0.05, 0.1) is 18.5 Å². The van der Waals surface area contributed by atoms with Crippen molar-refractivity contribution in [3.63, 3.8) is 0 Å². The van der Waals surface area contributed by atoms with Crippen LogP contribution in [0.15, 0.2) is 48.7 Å². The monoisotopic (exact) mass is 491 g/mol. The van der Waals surface area contributed by atoms with Gasteiger partial charge in [0.25, 0.3) is 0 Å². The van der Waals surface area contributed by atoms with Crippen molar-refractivity contribution in [2.75, 3.05) is 44.7 Å². The van der Waals surface area contributed by atoms with E-state index in [4.69, 9.17) is 13.5 Å². The third kappa shape index (κ3) is 8.87. The van der Waals surface area contributed by atoms with Gasteiger partial charge >= 0.3 is 10.4 Å². The van der Waals surface area contributed by atoms with Crippen molar-refractivity contribution in [3.05, 3.63) is 54.4 Å². The number of methoxy groups -OCH3 is 1. The van der Waals surface area contributed by atoms with Crippen LogP contribution in [-0.2, 0) is 14.6 Å². The highest BCUT2D eigenvalue weighted by Gasteiger charge is 2.24. The smallest absolute Gasteiger partial charge is 0.398 e. The Labute approximate surface area is 203 Å². The predicted octanol–water partition coefficient (Wildman–Crippen LogP) is 4.50. The van der Waals surface area contributed by atoms with Gasteiger partial charge in [0.2, 0.25) is 0 Å². The molecule has 9 heteroatoms. The van der Waals surface area contributed by atoms with Gasteiger partial charge in [-0.25, -0.2) is 4.18 Å². The molecule has 1 N–H and O–H groups in total. The van der Waals surface area contributed by atoms with E-state index in [9.17, 15) is 8.42 Å². The minimum Gasteiger partial charge on any atom is -0.495 e. The van der Waals surface area contributed by atoms with E-state index in [-0.39, 0.29) is 0 Å². The van der Waals surface area contributed by atoms with Crippen molar-refractivity contribution in [2.45, 2.75) is 51.0 Å². The molecule has 1 aromatic heterocycles. The molecule has 4 rings (SSSR count). The number of para-hydroxylation sites is 2. The highest BCUT2D eigenvalue weighted by molar-refractivity contribution is 7.80. The van der Waals surface area contributed by atoms with Crippen LogP contribution in [0.3, 0.4) is 0 Å². The quantitative estimate of drug-likeness (QED) is 0.540. The SMILES string of the molecule is C1CCCCC1.COc1ccccc1N1CCN(CCC(OS(=O)(=O)O)c2ccccn2)CC1. The molecule has 2 heterocycles. The van der Waals surface area contributed by atoms with E-state index in [0.29, 0.717) is 18.7 Å². The summed E-state index contributed by atoms with van der Waals surface area (Å²) < 4.78 is 41.8. The van der Waals surface area contributed by atoms with Gasteiger partial charge in [0.15, 0.2) is 0 Å².